The topological polar surface area (TPSA) is 12.4 Å². The molecule has 0 unspecified atom stereocenters. The zero-order chi connectivity index (χ0) is 12.3. The van der Waals surface area contributed by atoms with E-state index in [1.54, 1.807) is 0 Å². The molecule has 0 amide bonds. The van der Waals surface area contributed by atoms with Crippen molar-refractivity contribution in [3.63, 3.8) is 0 Å². The quantitative estimate of drug-likeness (QED) is 0.671. The summed E-state index contributed by atoms with van der Waals surface area (Å²) in [6, 6.07) is 8.46. The van der Waals surface area contributed by atoms with Gasteiger partial charge in [-0.1, -0.05) is 48.6 Å². The van der Waals surface area contributed by atoms with Crippen LogP contribution >= 0.6 is 0 Å². The summed E-state index contributed by atoms with van der Waals surface area (Å²) in [7, 11) is 0. The van der Waals surface area contributed by atoms with Gasteiger partial charge in [0, 0.05) is 12.1 Å². The lowest BCUT2D eigenvalue weighted by atomic mass is 9.96. The molecule has 0 aliphatic heterocycles. The molecule has 0 atom stereocenters. The standard InChI is InChI=1S/C16H19N/c1-16(2,3)17-12-14-10-6-7-11-15(14)13-8-4-5-9-13/h4-13H,1-3H3. The maximum Gasteiger partial charge on any atom is 0.0524 e. The van der Waals surface area contributed by atoms with E-state index in [0.29, 0.717) is 5.92 Å². The molecule has 0 saturated carbocycles. The fourth-order valence-electron chi connectivity index (χ4n) is 1.83. The lowest BCUT2D eigenvalue weighted by Gasteiger charge is -2.13. The van der Waals surface area contributed by atoms with Crippen molar-refractivity contribution in [2.24, 2.45) is 4.99 Å². The number of hydrogen-bond acceptors (Lipinski definition) is 1. The van der Waals surface area contributed by atoms with E-state index in [1.165, 1.54) is 11.1 Å². The van der Waals surface area contributed by atoms with E-state index >= 15 is 0 Å². The molecule has 1 aromatic rings. The molecule has 0 N–H and O–H groups in total. The van der Waals surface area contributed by atoms with E-state index in [2.05, 4.69) is 74.3 Å². The Balaban J connectivity index is 2.31. The molecule has 1 aliphatic rings. The highest BCUT2D eigenvalue weighted by atomic mass is 14.8. The number of allylic oxidation sites excluding steroid dienone is 4. The molecule has 0 radical (unpaired) electrons. The van der Waals surface area contributed by atoms with Crippen LogP contribution in [0.1, 0.15) is 37.8 Å². The molecular weight excluding hydrogens is 206 g/mol. The largest absolute Gasteiger partial charge is 0.287 e. The van der Waals surface area contributed by atoms with Crippen molar-refractivity contribution < 1.29 is 0 Å². The first kappa shape index (κ1) is 11.8. The Bertz CT molecular complexity index is 461. The lowest BCUT2D eigenvalue weighted by molar-refractivity contribution is 0.586. The third kappa shape index (κ3) is 3.16. The third-order valence-corrected chi connectivity index (χ3v) is 2.69. The Morgan fingerprint density at radius 1 is 1.06 bits per heavy atom. The van der Waals surface area contributed by atoms with E-state index in [1.807, 2.05) is 6.21 Å². The van der Waals surface area contributed by atoms with Crippen molar-refractivity contribution in [1.82, 2.24) is 0 Å². The van der Waals surface area contributed by atoms with E-state index in [4.69, 9.17) is 0 Å². The zero-order valence-electron chi connectivity index (χ0n) is 10.7. The zero-order valence-corrected chi connectivity index (χ0v) is 10.7. The van der Waals surface area contributed by atoms with Gasteiger partial charge >= 0.3 is 0 Å². The van der Waals surface area contributed by atoms with Crippen LogP contribution in [0, 0.1) is 0 Å². The molecule has 1 heteroatoms. The fraction of sp³-hybridized carbons (Fsp3) is 0.312. The van der Waals surface area contributed by atoms with Crippen molar-refractivity contribution in [3.05, 3.63) is 59.7 Å². The molecule has 1 aromatic carbocycles. The van der Waals surface area contributed by atoms with Crippen molar-refractivity contribution >= 4 is 6.21 Å². The van der Waals surface area contributed by atoms with Crippen LogP contribution in [0.5, 0.6) is 0 Å². The van der Waals surface area contributed by atoms with E-state index in [9.17, 15) is 0 Å². The molecule has 88 valence electrons. The van der Waals surface area contributed by atoms with E-state index in [-0.39, 0.29) is 5.54 Å². The summed E-state index contributed by atoms with van der Waals surface area (Å²) in [5.41, 5.74) is 2.52. The molecule has 0 heterocycles. The summed E-state index contributed by atoms with van der Waals surface area (Å²) in [6.07, 6.45) is 10.6. The molecule has 0 fully saturated rings. The second kappa shape index (κ2) is 4.70. The Hall–Kier alpha value is -1.63. The van der Waals surface area contributed by atoms with Gasteiger partial charge in [0.05, 0.1) is 5.54 Å². The van der Waals surface area contributed by atoms with Crippen LogP contribution in [-0.4, -0.2) is 11.8 Å². The predicted molar refractivity (Wildman–Crippen MR) is 74.8 cm³/mol. The summed E-state index contributed by atoms with van der Waals surface area (Å²) < 4.78 is 0. The Morgan fingerprint density at radius 2 is 1.71 bits per heavy atom. The number of nitrogens with zero attached hydrogens (tertiary/aromatic N) is 1. The molecule has 0 spiro atoms. The summed E-state index contributed by atoms with van der Waals surface area (Å²) in [5.74, 6) is 0.401. The third-order valence-electron chi connectivity index (χ3n) is 2.69. The minimum atomic E-state index is -0.0194. The maximum absolute atomic E-state index is 4.59. The van der Waals surface area contributed by atoms with Gasteiger partial charge in [-0.15, -0.1) is 0 Å². The van der Waals surface area contributed by atoms with Crippen molar-refractivity contribution in [1.29, 1.82) is 0 Å². The van der Waals surface area contributed by atoms with Crippen LogP contribution in [0.15, 0.2) is 53.6 Å². The van der Waals surface area contributed by atoms with Gasteiger partial charge in [-0.25, -0.2) is 0 Å². The average molecular weight is 225 g/mol. The number of rotatable bonds is 2. The minimum absolute atomic E-state index is 0.0194. The monoisotopic (exact) mass is 225 g/mol. The van der Waals surface area contributed by atoms with Gasteiger partial charge in [-0.2, -0.15) is 0 Å². The molecule has 0 bridgehead atoms. The average Bonchev–Trinajstić information content (AvgIpc) is 2.79. The first-order valence-electron chi connectivity index (χ1n) is 6.05. The molecule has 0 aromatic heterocycles. The molecule has 1 nitrogen and oxygen atoms in total. The summed E-state index contributed by atoms with van der Waals surface area (Å²) in [5, 5.41) is 0. The SMILES string of the molecule is CC(C)(C)N=Cc1ccccc1C1C=CC=C1. The molecule has 2 rings (SSSR count). The Kier molecular flexibility index (Phi) is 3.28. The highest BCUT2D eigenvalue weighted by molar-refractivity contribution is 5.82. The van der Waals surface area contributed by atoms with Crippen LogP contribution < -0.4 is 0 Å². The summed E-state index contributed by atoms with van der Waals surface area (Å²) >= 11 is 0. The van der Waals surface area contributed by atoms with Crippen molar-refractivity contribution in [3.8, 4) is 0 Å². The highest BCUT2D eigenvalue weighted by Crippen LogP contribution is 2.25. The van der Waals surface area contributed by atoms with Crippen molar-refractivity contribution in [2.45, 2.75) is 32.2 Å². The van der Waals surface area contributed by atoms with Crippen LogP contribution in [0.25, 0.3) is 0 Å². The number of aliphatic imine (C=N–C) groups is 1. The Labute approximate surface area is 104 Å². The minimum Gasteiger partial charge on any atom is -0.287 e. The molecular formula is C16H19N. The smallest absolute Gasteiger partial charge is 0.0524 e. The van der Waals surface area contributed by atoms with Gasteiger partial charge in [0.25, 0.3) is 0 Å². The van der Waals surface area contributed by atoms with Crippen LogP contribution in [0.2, 0.25) is 0 Å². The van der Waals surface area contributed by atoms with Crippen LogP contribution in [0.4, 0.5) is 0 Å². The van der Waals surface area contributed by atoms with Gasteiger partial charge in [-0.05, 0) is 31.9 Å². The van der Waals surface area contributed by atoms with Gasteiger partial charge in [-0.3, -0.25) is 4.99 Å². The molecule has 0 saturated heterocycles. The van der Waals surface area contributed by atoms with Gasteiger partial charge < -0.3 is 0 Å². The lowest BCUT2D eigenvalue weighted by Crippen LogP contribution is -2.10. The number of hydrogen-bond donors (Lipinski definition) is 0. The van der Waals surface area contributed by atoms with Gasteiger partial charge in [0.2, 0.25) is 0 Å². The van der Waals surface area contributed by atoms with Crippen molar-refractivity contribution in [2.75, 3.05) is 0 Å². The fourth-order valence-corrected chi connectivity index (χ4v) is 1.83. The second-order valence-electron chi connectivity index (χ2n) is 5.35. The van der Waals surface area contributed by atoms with E-state index in [0.717, 1.165) is 0 Å². The summed E-state index contributed by atoms with van der Waals surface area (Å²) in [6.45, 7) is 6.34. The highest BCUT2D eigenvalue weighted by Gasteiger charge is 2.11. The first-order valence-corrected chi connectivity index (χ1v) is 6.05. The summed E-state index contributed by atoms with van der Waals surface area (Å²) in [4.78, 5) is 4.59. The maximum atomic E-state index is 4.59. The van der Waals surface area contributed by atoms with Crippen LogP contribution in [-0.2, 0) is 0 Å². The Morgan fingerprint density at radius 3 is 2.35 bits per heavy atom. The number of benzene rings is 1. The second-order valence-corrected chi connectivity index (χ2v) is 5.35. The molecule has 17 heavy (non-hydrogen) atoms. The van der Waals surface area contributed by atoms with Gasteiger partial charge in [0.15, 0.2) is 0 Å². The first-order chi connectivity index (χ1) is 8.06. The normalized spacial score (nSPS) is 16.2. The molecule has 1 aliphatic carbocycles. The van der Waals surface area contributed by atoms with E-state index < -0.39 is 0 Å². The van der Waals surface area contributed by atoms with Crippen LogP contribution in [0.3, 0.4) is 0 Å². The van der Waals surface area contributed by atoms with Gasteiger partial charge in [0.1, 0.15) is 0 Å². The predicted octanol–water partition coefficient (Wildman–Crippen LogP) is 4.11.